The number of aromatic amines is 1. The van der Waals surface area contributed by atoms with Crippen molar-refractivity contribution in [3.05, 3.63) is 27.6 Å². The van der Waals surface area contributed by atoms with Crippen LogP contribution in [-0.2, 0) is 6.54 Å². The highest BCUT2D eigenvalue weighted by Crippen LogP contribution is 2.26. The standard InChI is InChI=1S/C15H21N3O2S/c19-14-13-11(5-8-21-13)17-12(18-14)9-16-10-15(20)6-3-1-2-4-7-15/h5,8,16,20H,1-4,6-7,9-10H2,(H,17,18,19). The number of nitrogens with one attached hydrogen (secondary N) is 2. The SMILES string of the molecule is O=c1[nH]c(CNCC2(O)CCCCCC2)nc2ccsc12. The summed E-state index contributed by atoms with van der Waals surface area (Å²) in [7, 11) is 0. The van der Waals surface area contributed by atoms with Crippen LogP contribution in [0.2, 0.25) is 0 Å². The molecule has 3 rings (SSSR count). The zero-order chi connectivity index (χ0) is 14.7. The first-order valence-corrected chi connectivity index (χ1v) is 8.44. The molecule has 0 aliphatic heterocycles. The van der Waals surface area contributed by atoms with Gasteiger partial charge in [-0.15, -0.1) is 11.3 Å². The monoisotopic (exact) mass is 307 g/mol. The van der Waals surface area contributed by atoms with Gasteiger partial charge in [0.15, 0.2) is 0 Å². The minimum Gasteiger partial charge on any atom is -0.389 e. The van der Waals surface area contributed by atoms with Crippen LogP contribution in [0.5, 0.6) is 0 Å². The Hall–Kier alpha value is -1.24. The molecule has 0 saturated heterocycles. The van der Waals surface area contributed by atoms with Gasteiger partial charge in [0.1, 0.15) is 10.5 Å². The Labute approximate surface area is 127 Å². The van der Waals surface area contributed by atoms with E-state index in [4.69, 9.17) is 0 Å². The van der Waals surface area contributed by atoms with Crippen LogP contribution in [0.15, 0.2) is 16.2 Å². The lowest BCUT2D eigenvalue weighted by molar-refractivity contribution is 0.0249. The molecule has 2 heterocycles. The second-order valence-corrected chi connectivity index (χ2v) is 6.81. The number of hydrogen-bond donors (Lipinski definition) is 3. The van der Waals surface area contributed by atoms with Gasteiger partial charge in [-0.05, 0) is 24.3 Å². The Kier molecular flexibility index (Phi) is 4.37. The molecule has 6 heteroatoms. The Morgan fingerprint density at radius 3 is 2.86 bits per heavy atom. The van der Waals surface area contributed by atoms with Crippen LogP contribution in [0.4, 0.5) is 0 Å². The molecule has 21 heavy (non-hydrogen) atoms. The predicted octanol–water partition coefficient (Wildman–Crippen LogP) is 2.16. The molecular formula is C15H21N3O2S. The molecule has 2 aromatic heterocycles. The van der Waals surface area contributed by atoms with Gasteiger partial charge in [0, 0.05) is 6.54 Å². The van der Waals surface area contributed by atoms with E-state index in [1.54, 1.807) is 0 Å². The van der Waals surface area contributed by atoms with Crippen molar-refractivity contribution >= 4 is 21.6 Å². The number of H-pyrrole nitrogens is 1. The summed E-state index contributed by atoms with van der Waals surface area (Å²) < 4.78 is 0.668. The molecule has 0 unspecified atom stereocenters. The Morgan fingerprint density at radius 2 is 2.10 bits per heavy atom. The van der Waals surface area contributed by atoms with Crippen molar-refractivity contribution in [2.24, 2.45) is 0 Å². The fourth-order valence-electron chi connectivity index (χ4n) is 2.98. The van der Waals surface area contributed by atoms with Crippen LogP contribution >= 0.6 is 11.3 Å². The van der Waals surface area contributed by atoms with Crippen molar-refractivity contribution in [2.45, 2.75) is 50.7 Å². The highest BCUT2D eigenvalue weighted by atomic mass is 32.1. The van der Waals surface area contributed by atoms with Crippen molar-refractivity contribution in [1.82, 2.24) is 15.3 Å². The van der Waals surface area contributed by atoms with E-state index in [1.165, 1.54) is 24.2 Å². The van der Waals surface area contributed by atoms with Gasteiger partial charge in [0.05, 0.1) is 17.7 Å². The number of fused-ring (bicyclic) bond motifs is 1. The second kappa shape index (κ2) is 6.25. The average Bonchev–Trinajstić information content (AvgIpc) is 2.82. The lowest BCUT2D eigenvalue weighted by atomic mass is 9.94. The van der Waals surface area contributed by atoms with Crippen molar-refractivity contribution < 1.29 is 5.11 Å². The van der Waals surface area contributed by atoms with E-state index in [1.807, 2.05) is 11.4 Å². The smallest absolute Gasteiger partial charge is 0.268 e. The van der Waals surface area contributed by atoms with Crippen molar-refractivity contribution in [3.63, 3.8) is 0 Å². The molecule has 0 atom stereocenters. The maximum atomic E-state index is 11.9. The van der Waals surface area contributed by atoms with Crippen LogP contribution in [0.25, 0.3) is 10.2 Å². The zero-order valence-electron chi connectivity index (χ0n) is 12.0. The fourth-order valence-corrected chi connectivity index (χ4v) is 3.71. The largest absolute Gasteiger partial charge is 0.389 e. The first kappa shape index (κ1) is 14.7. The third kappa shape index (κ3) is 3.51. The zero-order valence-corrected chi connectivity index (χ0v) is 12.8. The van der Waals surface area contributed by atoms with Crippen molar-refractivity contribution in [3.8, 4) is 0 Å². The molecule has 0 amide bonds. The molecule has 0 bridgehead atoms. The van der Waals surface area contributed by atoms with E-state index < -0.39 is 5.60 Å². The van der Waals surface area contributed by atoms with Gasteiger partial charge in [0.25, 0.3) is 5.56 Å². The predicted molar refractivity (Wildman–Crippen MR) is 84.6 cm³/mol. The van der Waals surface area contributed by atoms with E-state index in [2.05, 4.69) is 15.3 Å². The maximum absolute atomic E-state index is 11.9. The molecule has 1 fully saturated rings. The van der Waals surface area contributed by atoms with E-state index in [9.17, 15) is 9.90 Å². The molecule has 5 nitrogen and oxygen atoms in total. The second-order valence-electron chi connectivity index (χ2n) is 5.89. The summed E-state index contributed by atoms with van der Waals surface area (Å²) in [5.74, 6) is 0.628. The van der Waals surface area contributed by atoms with Gasteiger partial charge >= 0.3 is 0 Å². The van der Waals surface area contributed by atoms with Gasteiger partial charge in [-0.2, -0.15) is 0 Å². The van der Waals surface area contributed by atoms with Gasteiger partial charge < -0.3 is 15.4 Å². The first-order valence-electron chi connectivity index (χ1n) is 7.56. The Bertz CT molecular complexity index is 656. The maximum Gasteiger partial charge on any atom is 0.268 e. The van der Waals surface area contributed by atoms with E-state index in [-0.39, 0.29) is 5.56 Å². The third-order valence-corrected chi connectivity index (χ3v) is 5.05. The number of hydrogen-bond acceptors (Lipinski definition) is 5. The Balaban J connectivity index is 1.62. The molecule has 0 spiro atoms. The van der Waals surface area contributed by atoms with Gasteiger partial charge in [-0.3, -0.25) is 4.79 Å². The minimum absolute atomic E-state index is 0.0834. The molecule has 114 valence electrons. The molecule has 0 aromatic carbocycles. The van der Waals surface area contributed by atoms with E-state index in [0.717, 1.165) is 31.2 Å². The van der Waals surface area contributed by atoms with Crippen LogP contribution < -0.4 is 10.9 Å². The normalized spacial score (nSPS) is 18.7. The lowest BCUT2D eigenvalue weighted by Gasteiger charge is -2.26. The number of aromatic nitrogens is 2. The average molecular weight is 307 g/mol. The highest BCUT2D eigenvalue weighted by molar-refractivity contribution is 7.17. The number of nitrogens with zero attached hydrogens (tertiary/aromatic N) is 1. The first-order chi connectivity index (χ1) is 10.2. The number of rotatable bonds is 4. The van der Waals surface area contributed by atoms with E-state index >= 15 is 0 Å². The molecule has 1 aliphatic carbocycles. The van der Waals surface area contributed by atoms with Gasteiger partial charge in [-0.1, -0.05) is 25.7 Å². The quantitative estimate of drug-likeness (QED) is 0.756. The molecule has 3 N–H and O–H groups in total. The van der Waals surface area contributed by atoms with Gasteiger partial charge in [0.2, 0.25) is 0 Å². The Morgan fingerprint density at radius 1 is 1.33 bits per heavy atom. The molecule has 1 saturated carbocycles. The summed E-state index contributed by atoms with van der Waals surface area (Å²) in [6.45, 7) is 1.03. The van der Waals surface area contributed by atoms with Gasteiger partial charge in [-0.25, -0.2) is 4.98 Å². The fraction of sp³-hybridized carbons (Fsp3) is 0.600. The molecule has 2 aromatic rings. The van der Waals surface area contributed by atoms with Crippen LogP contribution in [-0.4, -0.2) is 27.2 Å². The summed E-state index contributed by atoms with van der Waals surface area (Å²) in [4.78, 5) is 19.1. The van der Waals surface area contributed by atoms with Crippen LogP contribution in [0, 0.1) is 0 Å². The summed E-state index contributed by atoms with van der Waals surface area (Å²) >= 11 is 1.40. The summed E-state index contributed by atoms with van der Waals surface area (Å²) in [5.41, 5.74) is 0.0530. The molecule has 1 aliphatic rings. The van der Waals surface area contributed by atoms with E-state index in [0.29, 0.717) is 23.6 Å². The third-order valence-electron chi connectivity index (χ3n) is 4.14. The van der Waals surface area contributed by atoms with Crippen molar-refractivity contribution in [1.29, 1.82) is 0 Å². The van der Waals surface area contributed by atoms with Crippen molar-refractivity contribution in [2.75, 3.05) is 6.54 Å². The van der Waals surface area contributed by atoms with Crippen LogP contribution in [0.3, 0.4) is 0 Å². The lowest BCUT2D eigenvalue weighted by Crippen LogP contribution is -2.40. The minimum atomic E-state index is -0.608. The summed E-state index contributed by atoms with van der Waals surface area (Å²) in [6, 6.07) is 1.86. The van der Waals surface area contributed by atoms with Crippen LogP contribution in [0.1, 0.15) is 44.3 Å². The summed E-state index contributed by atoms with van der Waals surface area (Å²) in [5, 5.41) is 15.7. The topological polar surface area (TPSA) is 78.0 Å². The number of thiophene rings is 1. The molecular weight excluding hydrogens is 286 g/mol. The molecule has 0 radical (unpaired) electrons. The number of aliphatic hydroxyl groups is 1. The highest BCUT2D eigenvalue weighted by Gasteiger charge is 2.27. The summed E-state index contributed by atoms with van der Waals surface area (Å²) in [6.07, 6.45) is 6.32.